The van der Waals surface area contributed by atoms with Gasteiger partial charge in [-0.2, -0.15) is 0 Å². The molecule has 2 heterocycles. The number of ketones is 1. The Balaban J connectivity index is 1.81. The number of hydrogen-bond acceptors (Lipinski definition) is 2. The van der Waals surface area contributed by atoms with E-state index in [9.17, 15) is 4.79 Å². The van der Waals surface area contributed by atoms with Crippen LogP contribution in [0.5, 0.6) is 0 Å². The lowest BCUT2D eigenvalue weighted by atomic mass is 9.76. The first kappa shape index (κ1) is 13.8. The minimum Gasteiger partial charge on any atom is -0.300 e. The number of piperidine rings is 2. The van der Waals surface area contributed by atoms with Crippen LogP contribution in [0.15, 0.2) is 18.2 Å². The lowest BCUT2D eigenvalue weighted by Crippen LogP contribution is -2.51. The van der Waals surface area contributed by atoms with Crippen molar-refractivity contribution in [2.45, 2.75) is 58.0 Å². The zero-order valence-corrected chi connectivity index (χ0v) is 12.9. The molecule has 0 aromatic heterocycles. The van der Waals surface area contributed by atoms with Crippen molar-refractivity contribution in [1.82, 2.24) is 4.90 Å². The maximum Gasteiger partial charge on any atom is 0.166 e. The van der Waals surface area contributed by atoms with Crippen molar-refractivity contribution in [2.75, 3.05) is 7.05 Å². The van der Waals surface area contributed by atoms with Gasteiger partial charge in [0.25, 0.3) is 0 Å². The van der Waals surface area contributed by atoms with Gasteiger partial charge < -0.3 is 4.90 Å². The summed E-state index contributed by atoms with van der Waals surface area (Å²) in [6.45, 7) is 4.15. The van der Waals surface area contributed by atoms with Crippen LogP contribution in [0.3, 0.4) is 0 Å². The summed E-state index contributed by atoms with van der Waals surface area (Å²) >= 11 is 0. The number of nitrogens with zero attached hydrogens (tertiary/aromatic N) is 1. The van der Waals surface area contributed by atoms with Crippen molar-refractivity contribution in [3.63, 3.8) is 0 Å². The third-order valence-corrected chi connectivity index (χ3v) is 5.22. The van der Waals surface area contributed by atoms with Crippen LogP contribution in [0.1, 0.15) is 53.6 Å². The van der Waals surface area contributed by atoms with Crippen LogP contribution >= 0.6 is 0 Å². The van der Waals surface area contributed by atoms with E-state index in [0.717, 1.165) is 18.4 Å². The fraction of sp³-hybridized carbons (Fsp3) is 0.611. The standard InChI is InChI=1S/C18H25NO/c1-12-7-13(2)9-14(8-12)18(20)15-10-16-5-4-6-17(11-15)19(16)3/h7-9,15-17H,4-6,10-11H2,1-3H3. The topological polar surface area (TPSA) is 20.3 Å². The Morgan fingerprint density at radius 2 is 1.60 bits per heavy atom. The molecule has 108 valence electrons. The molecule has 3 rings (SSSR count). The molecule has 0 amide bonds. The highest BCUT2D eigenvalue weighted by atomic mass is 16.1. The van der Waals surface area contributed by atoms with Crippen LogP contribution in [-0.2, 0) is 0 Å². The number of hydrogen-bond donors (Lipinski definition) is 0. The van der Waals surface area contributed by atoms with Gasteiger partial charge in [-0.05, 0) is 58.7 Å². The van der Waals surface area contributed by atoms with E-state index in [1.54, 1.807) is 0 Å². The summed E-state index contributed by atoms with van der Waals surface area (Å²) in [5, 5.41) is 0. The van der Waals surface area contributed by atoms with Crippen LogP contribution in [0.4, 0.5) is 0 Å². The number of fused-ring (bicyclic) bond motifs is 2. The van der Waals surface area contributed by atoms with Gasteiger partial charge >= 0.3 is 0 Å². The highest BCUT2D eigenvalue weighted by Crippen LogP contribution is 2.37. The lowest BCUT2D eigenvalue weighted by molar-refractivity contribution is 0.0338. The third-order valence-electron chi connectivity index (χ3n) is 5.22. The molecule has 2 atom stereocenters. The fourth-order valence-electron chi connectivity index (χ4n) is 4.18. The summed E-state index contributed by atoms with van der Waals surface area (Å²) in [6.07, 6.45) is 5.98. The monoisotopic (exact) mass is 271 g/mol. The van der Waals surface area contributed by atoms with Crippen LogP contribution in [-0.4, -0.2) is 29.8 Å². The van der Waals surface area contributed by atoms with Crippen molar-refractivity contribution in [3.8, 4) is 0 Å². The van der Waals surface area contributed by atoms with Crippen LogP contribution in [0.2, 0.25) is 0 Å². The predicted molar refractivity (Wildman–Crippen MR) is 82.2 cm³/mol. The molecule has 2 fully saturated rings. The Hall–Kier alpha value is -1.15. The van der Waals surface area contributed by atoms with Gasteiger partial charge in [0, 0.05) is 23.6 Å². The summed E-state index contributed by atoms with van der Waals surface area (Å²) in [6, 6.07) is 7.51. The molecule has 1 aromatic rings. The number of carbonyl (C=O) groups excluding carboxylic acids is 1. The van der Waals surface area contributed by atoms with Gasteiger partial charge in [-0.1, -0.05) is 23.6 Å². The maximum absolute atomic E-state index is 12.8. The minimum atomic E-state index is 0.239. The van der Waals surface area contributed by atoms with Crippen LogP contribution < -0.4 is 0 Å². The van der Waals surface area contributed by atoms with Crippen molar-refractivity contribution in [1.29, 1.82) is 0 Å². The number of aryl methyl sites for hydroxylation is 2. The minimum absolute atomic E-state index is 0.239. The smallest absolute Gasteiger partial charge is 0.166 e. The van der Waals surface area contributed by atoms with E-state index in [4.69, 9.17) is 0 Å². The molecule has 0 radical (unpaired) electrons. The third kappa shape index (κ3) is 2.54. The first-order chi connectivity index (χ1) is 9.54. The Morgan fingerprint density at radius 1 is 1.05 bits per heavy atom. The van der Waals surface area contributed by atoms with E-state index in [0.29, 0.717) is 17.9 Å². The Bertz CT molecular complexity index is 488. The molecule has 2 nitrogen and oxygen atoms in total. The van der Waals surface area contributed by atoms with Crippen molar-refractivity contribution in [3.05, 3.63) is 34.9 Å². The van der Waals surface area contributed by atoms with Crippen molar-refractivity contribution in [2.24, 2.45) is 5.92 Å². The normalized spacial score (nSPS) is 30.2. The van der Waals surface area contributed by atoms with Crippen molar-refractivity contribution >= 4 is 5.78 Å². The molecule has 0 aliphatic carbocycles. The van der Waals surface area contributed by atoms with E-state index in [1.165, 1.54) is 30.4 Å². The number of Topliss-reactive ketones (excluding diaryl/α,β-unsaturated/α-hetero) is 1. The highest BCUT2D eigenvalue weighted by Gasteiger charge is 2.38. The SMILES string of the molecule is Cc1cc(C)cc(C(=O)C2CC3CCCC(C2)N3C)c1. The summed E-state index contributed by atoms with van der Waals surface area (Å²) in [5.74, 6) is 0.615. The largest absolute Gasteiger partial charge is 0.300 e. The van der Waals surface area contributed by atoms with Gasteiger partial charge in [-0.25, -0.2) is 0 Å². The van der Waals surface area contributed by atoms with E-state index >= 15 is 0 Å². The first-order valence-electron chi connectivity index (χ1n) is 7.89. The Kier molecular flexibility index (Phi) is 3.68. The summed E-state index contributed by atoms with van der Waals surface area (Å²) < 4.78 is 0. The summed E-state index contributed by atoms with van der Waals surface area (Å²) in [4.78, 5) is 15.3. The van der Waals surface area contributed by atoms with Crippen LogP contribution in [0, 0.1) is 19.8 Å². The average molecular weight is 271 g/mol. The Labute approximate surface area is 122 Å². The van der Waals surface area contributed by atoms with Gasteiger partial charge in [0.1, 0.15) is 0 Å². The molecular formula is C18H25NO. The molecule has 2 unspecified atom stereocenters. The summed E-state index contributed by atoms with van der Waals surface area (Å²) in [7, 11) is 2.24. The second-order valence-electron chi connectivity index (χ2n) is 6.81. The highest BCUT2D eigenvalue weighted by molar-refractivity contribution is 5.98. The molecule has 2 heteroatoms. The molecule has 0 saturated carbocycles. The van der Waals surface area contributed by atoms with E-state index < -0.39 is 0 Å². The maximum atomic E-state index is 12.8. The average Bonchev–Trinajstić information content (AvgIpc) is 2.36. The van der Waals surface area contributed by atoms with Gasteiger partial charge in [0.05, 0.1) is 0 Å². The van der Waals surface area contributed by atoms with E-state index in [-0.39, 0.29) is 5.92 Å². The summed E-state index contributed by atoms with van der Waals surface area (Å²) in [5.41, 5.74) is 3.32. The van der Waals surface area contributed by atoms with E-state index in [2.05, 4.69) is 44.0 Å². The van der Waals surface area contributed by atoms with Crippen LogP contribution in [0.25, 0.3) is 0 Å². The molecule has 0 N–H and O–H groups in total. The quantitative estimate of drug-likeness (QED) is 0.764. The lowest BCUT2D eigenvalue weighted by Gasteiger charge is -2.46. The second-order valence-corrected chi connectivity index (χ2v) is 6.81. The zero-order valence-electron chi connectivity index (χ0n) is 12.9. The molecule has 2 saturated heterocycles. The molecule has 2 bridgehead atoms. The molecule has 2 aliphatic rings. The van der Waals surface area contributed by atoms with Gasteiger partial charge in [-0.3, -0.25) is 4.79 Å². The molecule has 20 heavy (non-hydrogen) atoms. The van der Waals surface area contributed by atoms with Gasteiger partial charge in [-0.15, -0.1) is 0 Å². The van der Waals surface area contributed by atoms with Crippen molar-refractivity contribution < 1.29 is 4.79 Å². The molecule has 0 spiro atoms. The predicted octanol–water partition coefficient (Wildman–Crippen LogP) is 3.75. The molecule has 2 aliphatic heterocycles. The second kappa shape index (κ2) is 5.33. The van der Waals surface area contributed by atoms with Gasteiger partial charge in [0.2, 0.25) is 0 Å². The first-order valence-corrected chi connectivity index (χ1v) is 7.89. The number of rotatable bonds is 2. The number of benzene rings is 1. The zero-order chi connectivity index (χ0) is 14.3. The van der Waals surface area contributed by atoms with Gasteiger partial charge in [0.15, 0.2) is 5.78 Å². The fourth-order valence-corrected chi connectivity index (χ4v) is 4.18. The number of carbonyl (C=O) groups is 1. The molecule has 1 aromatic carbocycles. The Morgan fingerprint density at radius 3 is 2.15 bits per heavy atom. The van der Waals surface area contributed by atoms with E-state index in [1.807, 2.05) is 0 Å². The molecular weight excluding hydrogens is 246 g/mol.